The Labute approximate surface area is 225 Å². The van der Waals surface area contributed by atoms with Crippen molar-refractivity contribution in [2.45, 2.75) is 19.9 Å². The SMILES string of the molecule is CCOC(=O)C1=C(C)N=c2sc(=Cc3cc(Br)cc(I)c3O)c(=O)n2[C@H]1c1ccc2c(c1)OCO2. The predicted octanol–water partition coefficient (Wildman–Crippen LogP) is 3.60. The highest BCUT2D eigenvalue weighted by atomic mass is 127. The number of halogens is 2. The van der Waals surface area contributed by atoms with Crippen molar-refractivity contribution in [1.82, 2.24) is 4.57 Å². The zero-order valence-electron chi connectivity index (χ0n) is 18.5. The van der Waals surface area contributed by atoms with Crippen molar-refractivity contribution >= 4 is 61.9 Å². The van der Waals surface area contributed by atoms with Crippen LogP contribution in [0, 0.1) is 3.57 Å². The molecular formula is C24H18BrIN2O6S. The first-order valence-electron chi connectivity index (χ1n) is 10.6. The molecule has 2 aliphatic rings. The number of phenolic OH excluding ortho intramolecular Hbond substituents is 1. The third-order valence-electron chi connectivity index (χ3n) is 5.57. The lowest BCUT2D eigenvalue weighted by Gasteiger charge is -2.24. The summed E-state index contributed by atoms with van der Waals surface area (Å²) in [6.45, 7) is 3.75. The summed E-state index contributed by atoms with van der Waals surface area (Å²) < 4.78 is 19.6. The van der Waals surface area contributed by atoms with Gasteiger partial charge in [-0.3, -0.25) is 9.36 Å². The number of rotatable bonds is 4. The number of aromatic nitrogens is 1. The van der Waals surface area contributed by atoms with Gasteiger partial charge in [-0.1, -0.05) is 33.3 Å². The molecule has 0 aliphatic carbocycles. The molecule has 0 amide bonds. The Balaban J connectivity index is 1.75. The number of fused-ring (bicyclic) bond motifs is 2. The standard InChI is InChI=1S/C24H18BrIN2O6S/c1-3-32-23(31)19-11(2)27-24-28(20(19)12-4-5-16-17(7-12)34-10-33-16)22(30)18(35-24)8-13-6-14(25)9-15(26)21(13)29/h4-9,20,29H,3,10H2,1-2H3/t20-/m0/s1. The van der Waals surface area contributed by atoms with Crippen LogP contribution in [0.3, 0.4) is 0 Å². The van der Waals surface area contributed by atoms with E-state index in [1.165, 1.54) is 15.9 Å². The first-order valence-corrected chi connectivity index (χ1v) is 13.2. The summed E-state index contributed by atoms with van der Waals surface area (Å²) in [7, 11) is 0. The van der Waals surface area contributed by atoms with Crippen LogP contribution in [0.5, 0.6) is 17.2 Å². The van der Waals surface area contributed by atoms with Gasteiger partial charge >= 0.3 is 5.97 Å². The zero-order valence-corrected chi connectivity index (χ0v) is 23.1. The Kier molecular flexibility index (Phi) is 6.49. The normalized spacial score (nSPS) is 16.8. The number of carbonyl (C=O) groups excluding carboxylic acids is 1. The predicted molar refractivity (Wildman–Crippen MR) is 141 cm³/mol. The molecular weight excluding hydrogens is 651 g/mol. The molecule has 0 bridgehead atoms. The van der Waals surface area contributed by atoms with Gasteiger partial charge in [-0.25, -0.2) is 9.79 Å². The van der Waals surface area contributed by atoms with Crippen LogP contribution in [0.25, 0.3) is 6.08 Å². The lowest BCUT2D eigenvalue weighted by molar-refractivity contribution is -0.139. The number of hydrogen-bond donors (Lipinski definition) is 1. The van der Waals surface area contributed by atoms with E-state index in [1.54, 1.807) is 50.3 Å². The minimum atomic E-state index is -0.766. The van der Waals surface area contributed by atoms with Gasteiger partial charge in [-0.15, -0.1) is 0 Å². The highest BCUT2D eigenvalue weighted by Crippen LogP contribution is 2.38. The molecule has 0 saturated heterocycles. The van der Waals surface area contributed by atoms with Crippen LogP contribution in [0.2, 0.25) is 0 Å². The van der Waals surface area contributed by atoms with E-state index in [9.17, 15) is 14.7 Å². The van der Waals surface area contributed by atoms with Gasteiger partial charge in [0.05, 0.1) is 32.0 Å². The van der Waals surface area contributed by atoms with Crippen molar-refractivity contribution in [2.24, 2.45) is 4.99 Å². The van der Waals surface area contributed by atoms with E-state index in [0.29, 0.717) is 41.2 Å². The fourth-order valence-electron chi connectivity index (χ4n) is 4.03. The van der Waals surface area contributed by atoms with Crippen LogP contribution in [0.1, 0.15) is 31.0 Å². The van der Waals surface area contributed by atoms with E-state index in [2.05, 4.69) is 20.9 Å². The maximum atomic E-state index is 13.7. The monoisotopic (exact) mass is 668 g/mol. The lowest BCUT2D eigenvalue weighted by Crippen LogP contribution is -2.39. The van der Waals surface area contributed by atoms with Gasteiger partial charge < -0.3 is 19.3 Å². The topological polar surface area (TPSA) is 99.4 Å². The quantitative estimate of drug-likeness (QED) is 0.337. The number of phenols is 1. The molecule has 35 heavy (non-hydrogen) atoms. The largest absolute Gasteiger partial charge is 0.506 e. The highest BCUT2D eigenvalue weighted by molar-refractivity contribution is 14.1. The molecule has 11 heteroatoms. The summed E-state index contributed by atoms with van der Waals surface area (Å²) in [5.41, 5.74) is 1.58. The number of allylic oxidation sites excluding steroid dienone is 1. The third kappa shape index (κ3) is 4.29. The van der Waals surface area contributed by atoms with Gasteiger partial charge in [0.1, 0.15) is 5.75 Å². The molecule has 5 rings (SSSR count). The van der Waals surface area contributed by atoms with E-state index >= 15 is 0 Å². The molecule has 8 nitrogen and oxygen atoms in total. The molecule has 0 spiro atoms. The molecule has 1 N–H and O–H groups in total. The first-order chi connectivity index (χ1) is 16.8. The van der Waals surface area contributed by atoms with Crippen molar-refractivity contribution in [2.75, 3.05) is 13.4 Å². The van der Waals surface area contributed by atoms with E-state index in [0.717, 1.165) is 4.47 Å². The number of hydrogen-bond acceptors (Lipinski definition) is 8. The van der Waals surface area contributed by atoms with Crippen molar-refractivity contribution in [3.05, 3.63) is 80.5 Å². The molecule has 0 unspecified atom stereocenters. The number of nitrogens with zero attached hydrogens (tertiary/aromatic N) is 2. The molecule has 0 radical (unpaired) electrons. The lowest BCUT2D eigenvalue weighted by atomic mass is 9.95. The number of benzene rings is 2. The van der Waals surface area contributed by atoms with Crippen LogP contribution in [-0.2, 0) is 9.53 Å². The maximum absolute atomic E-state index is 13.7. The summed E-state index contributed by atoms with van der Waals surface area (Å²) in [5, 5.41) is 10.5. The van der Waals surface area contributed by atoms with Gasteiger partial charge in [0.15, 0.2) is 16.3 Å². The summed E-state index contributed by atoms with van der Waals surface area (Å²) in [6.07, 6.45) is 1.63. The fourth-order valence-corrected chi connectivity index (χ4v) is 6.62. The number of esters is 1. The Morgan fingerprint density at radius 2 is 2.11 bits per heavy atom. The minimum absolute atomic E-state index is 0.0790. The molecule has 3 aromatic rings. The van der Waals surface area contributed by atoms with E-state index in [1.807, 2.05) is 22.6 Å². The molecule has 3 heterocycles. The second kappa shape index (κ2) is 9.43. The van der Waals surface area contributed by atoms with Crippen molar-refractivity contribution in [3.8, 4) is 17.2 Å². The third-order valence-corrected chi connectivity index (χ3v) is 7.84. The van der Waals surface area contributed by atoms with Crippen LogP contribution in [0.15, 0.2) is 55.9 Å². The highest BCUT2D eigenvalue weighted by Gasteiger charge is 2.34. The Hall–Kier alpha value is -2.64. The van der Waals surface area contributed by atoms with Crippen molar-refractivity contribution < 1.29 is 24.1 Å². The van der Waals surface area contributed by atoms with Gasteiger partial charge in [-0.2, -0.15) is 0 Å². The molecule has 0 saturated carbocycles. The second-order valence-corrected chi connectivity index (χ2v) is 10.8. The first kappa shape index (κ1) is 24.1. The minimum Gasteiger partial charge on any atom is -0.506 e. The Morgan fingerprint density at radius 3 is 2.89 bits per heavy atom. The summed E-state index contributed by atoms with van der Waals surface area (Å²) in [4.78, 5) is 31.7. The Morgan fingerprint density at radius 1 is 1.34 bits per heavy atom. The van der Waals surface area contributed by atoms with Gasteiger partial charge in [0.2, 0.25) is 6.79 Å². The zero-order chi connectivity index (χ0) is 24.9. The number of carbonyl (C=O) groups is 1. The second-order valence-electron chi connectivity index (χ2n) is 7.74. The van der Waals surface area contributed by atoms with Gasteiger partial charge in [0.25, 0.3) is 5.56 Å². The average Bonchev–Trinajstić information content (AvgIpc) is 3.40. The molecule has 2 aliphatic heterocycles. The van der Waals surface area contributed by atoms with Crippen LogP contribution >= 0.6 is 49.9 Å². The number of aromatic hydroxyl groups is 1. The van der Waals surface area contributed by atoms with Crippen LogP contribution < -0.4 is 24.4 Å². The van der Waals surface area contributed by atoms with Gasteiger partial charge in [-0.05, 0) is 72.3 Å². The van der Waals surface area contributed by atoms with Gasteiger partial charge in [0, 0.05) is 10.0 Å². The van der Waals surface area contributed by atoms with E-state index in [4.69, 9.17) is 14.2 Å². The van der Waals surface area contributed by atoms with Crippen molar-refractivity contribution in [1.29, 1.82) is 0 Å². The molecule has 1 aromatic heterocycles. The fraction of sp³-hybridized carbons (Fsp3) is 0.208. The average molecular weight is 669 g/mol. The molecule has 2 aromatic carbocycles. The summed E-state index contributed by atoms with van der Waals surface area (Å²) >= 11 is 6.65. The molecule has 1 atom stereocenters. The number of thiazole rings is 1. The van der Waals surface area contributed by atoms with E-state index in [-0.39, 0.29) is 30.3 Å². The molecule has 0 fully saturated rings. The summed E-state index contributed by atoms with van der Waals surface area (Å²) in [6, 6.07) is 8.08. The number of ether oxygens (including phenoxy) is 3. The van der Waals surface area contributed by atoms with Crippen molar-refractivity contribution in [3.63, 3.8) is 0 Å². The van der Waals surface area contributed by atoms with E-state index < -0.39 is 12.0 Å². The van der Waals surface area contributed by atoms with Crippen LogP contribution in [0.4, 0.5) is 0 Å². The Bertz CT molecular complexity index is 1590. The molecule has 180 valence electrons. The van der Waals surface area contributed by atoms with Crippen LogP contribution in [-0.4, -0.2) is 29.0 Å². The smallest absolute Gasteiger partial charge is 0.338 e. The maximum Gasteiger partial charge on any atom is 0.338 e. The summed E-state index contributed by atoms with van der Waals surface area (Å²) in [5.74, 6) is 0.677.